The van der Waals surface area contributed by atoms with Gasteiger partial charge in [-0.1, -0.05) is 6.07 Å². The predicted octanol–water partition coefficient (Wildman–Crippen LogP) is 2.78. The minimum atomic E-state index is -0.370. The molecule has 0 radical (unpaired) electrons. The number of nitrogens with zero attached hydrogens (tertiary/aromatic N) is 1. The van der Waals surface area contributed by atoms with E-state index in [0.29, 0.717) is 12.8 Å². The summed E-state index contributed by atoms with van der Waals surface area (Å²) in [5.41, 5.74) is 0.837. The predicted molar refractivity (Wildman–Crippen MR) is 71.7 cm³/mol. The minimum absolute atomic E-state index is 0.177. The van der Waals surface area contributed by atoms with Gasteiger partial charge < -0.3 is 9.64 Å². The fourth-order valence-corrected chi connectivity index (χ4v) is 2.42. The van der Waals surface area contributed by atoms with E-state index in [9.17, 15) is 9.18 Å². The van der Waals surface area contributed by atoms with Crippen LogP contribution in [0.15, 0.2) is 18.2 Å². The topological polar surface area (TPSA) is 29.5 Å². The van der Waals surface area contributed by atoms with Crippen molar-refractivity contribution in [2.24, 2.45) is 0 Å². The summed E-state index contributed by atoms with van der Waals surface area (Å²) in [6.07, 6.45) is 4.45. The number of piperidine rings is 1. The van der Waals surface area contributed by atoms with Gasteiger partial charge in [-0.15, -0.1) is 0 Å². The summed E-state index contributed by atoms with van der Waals surface area (Å²) < 4.78 is 18.4. The van der Waals surface area contributed by atoms with E-state index in [1.54, 1.807) is 6.07 Å². The standard InChI is InChI=1S/C15H20FNO2/c1-19-14-7-5-12(11-13(14)16)6-8-15(18)17-9-3-2-4-10-17/h5,7,11H,2-4,6,8-10H2,1H3. The molecule has 104 valence electrons. The highest BCUT2D eigenvalue weighted by Crippen LogP contribution is 2.19. The van der Waals surface area contributed by atoms with E-state index in [0.717, 1.165) is 31.5 Å². The van der Waals surface area contributed by atoms with Crippen LogP contribution in [0.5, 0.6) is 5.75 Å². The van der Waals surface area contributed by atoms with Crippen LogP contribution in [0.25, 0.3) is 0 Å². The summed E-state index contributed by atoms with van der Waals surface area (Å²) in [5.74, 6) is 0.0486. The zero-order chi connectivity index (χ0) is 13.7. The molecule has 2 rings (SSSR count). The van der Waals surface area contributed by atoms with E-state index < -0.39 is 0 Å². The van der Waals surface area contributed by atoms with Crippen molar-refractivity contribution in [3.8, 4) is 5.75 Å². The van der Waals surface area contributed by atoms with E-state index in [1.165, 1.54) is 19.6 Å². The van der Waals surface area contributed by atoms with Gasteiger partial charge in [0.1, 0.15) is 0 Å². The number of amides is 1. The highest BCUT2D eigenvalue weighted by atomic mass is 19.1. The number of carbonyl (C=O) groups excluding carboxylic acids is 1. The Kier molecular flexibility index (Phi) is 4.77. The zero-order valence-corrected chi connectivity index (χ0v) is 11.3. The molecule has 0 N–H and O–H groups in total. The molecule has 0 atom stereocenters. The summed E-state index contributed by atoms with van der Waals surface area (Å²) >= 11 is 0. The molecular weight excluding hydrogens is 245 g/mol. The van der Waals surface area contributed by atoms with Gasteiger partial charge in [0.05, 0.1) is 7.11 Å². The van der Waals surface area contributed by atoms with Gasteiger partial charge in [0.25, 0.3) is 0 Å². The van der Waals surface area contributed by atoms with Crippen molar-refractivity contribution in [2.45, 2.75) is 32.1 Å². The number of hydrogen-bond acceptors (Lipinski definition) is 2. The minimum Gasteiger partial charge on any atom is -0.494 e. The second kappa shape index (κ2) is 6.55. The Labute approximate surface area is 113 Å². The van der Waals surface area contributed by atoms with Crippen LogP contribution in [0.3, 0.4) is 0 Å². The largest absolute Gasteiger partial charge is 0.494 e. The molecule has 0 aromatic heterocycles. The third-order valence-electron chi connectivity index (χ3n) is 3.55. The number of methoxy groups -OCH3 is 1. The van der Waals surface area contributed by atoms with Gasteiger partial charge in [0, 0.05) is 19.5 Å². The fraction of sp³-hybridized carbons (Fsp3) is 0.533. The van der Waals surface area contributed by atoms with Crippen LogP contribution in [0.2, 0.25) is 0 Å². The number of aryl methyl sites for hydroxylation is 1. The van der Waals surface area contributed by atoms with E-state index in [1.807, 2.05) is 11.0 Å². The number of hydrogen-bond donors (Lipinski definition) is 0. The molecule has 19 heavy (non-hydrogen) atoms. The maximum atomic E-state index is 13.5. The molecule has 3 nitrogen and oxygen atoms in total. The van der Waals surface area contributed by atoms with Crippen molar-refractivity contribution in [1.29, 1.82) is 0 Å². The first-order chi connectivity index (χ1) is 9.20. The van der Waals surface area contributed by atoms with Crippen molar-refractivity contribution in [2.75, 3.05) is 20.2 Å². The van der Waals surface area contributed by atoms with Crippen LogP contribution in [0.1, 0.15) is 31.2 Å². The molecule has 1 aliphatic rings. The molecule has 0 aliphatic carbocycles. The van der Waals surface area contributed by atoms with E-state index in [2.05, 4.69) is 0 Å². The Bertz CT molecular complexity index is 442. The monoisotopic (exact) mass is 265 g/mol. The van der Waals surface area contributed by atoms with Gasteiger partial charge in [-0.3, -0.25) is 4.79 Å². The lowest BCUT2D eigenvalue weighted by molar-refractivity contribution is -0.132. The van der Waals surface area contributed by atoms with Crippen LogP contribution in [-0.4, -0.2) is 31.0 Å². The molecule has 0 bridgehead atoms. The van der Waals surface area contributed by atoms with Gasteiger partial charge >= 0.3 is 0 Å². The third kappa shape index (κ3) is 3.69. The number of halogens is 1. The first kappa shape index (κ1) is 13.8. The smallest absolute Gasteiger partial charge is 0.222 e. The molecule has 1 fully saturated rings. The van der Waals surface area contributed by atoms with Crippen LogP contribution in [0.4, 0.5) is 4.39 Å². The molecule has 0 saturated carbocycles. The van der Waals surface area contributed by atoms with Crippen LogP contribution >= 0.6 is 0 Å². The maximum absolute atomic E-state index is 13.5. The lowest BCUT2D eigenvalue weighted by atomic mass is 10.1. The highest BCUT2D eigenvalue weighted by molar-refractivity contribution is 5.76. The Morgan fingerprint density at radius 2 is 2.05 bits per heavy atom. The quantitative estimate of drug-likeness (QED) is 0.837. The Hall–Kier alpha value is -1.58. The van der Waals surface area contributed by atoms with Crippen molar-refractivity contribution < 1.29 is 13.9 Å². The zero-order valence-electron chi connectivity index (χ0n) is 11.3. The Morgan fingerprint density at radius 1 is 1.32 bits per heavy atom. The van der Waals surface area contributed by atoms with Gasteiger partial charge in [0.15, 0.2) is 11.6 Å². The molecule has 1 heterocycles. The van der Waals surface area contributed by atoms with Gasteiger partial charge in [0.2, 0.25) is 5.91 Å². The SMILES string of the molecule is COc1ccc(CCC(=O)N2CCCCC2)cc1F. The molecular formula is C15H20FNO2. The number of rotatable bonds is 4. The average molecular weight is 265 g/mol. The van der Waals surface area contributed by atoms with E-state index in [4.69, 9.17) is 4.74 Å². The van der Waals surface area contributed by atoms with E-state index >= 15 is 0 Å². The molecule has 1 aromatic carbocycles. The molecule has 0 unspecified atom stereocenters. The third-order valence-corrected chi connectivity index (χ3v) is 3.55. The van der Waals surface area contributed by atoms with Crippen molar-refractivity contribution in [3.05, 3.63) is 29.6 Å². The maximum Gasteiger partial charge on any atom is 0.222 e. The van der Waals surface area contributed by atoms with Crippen molar-refractivity contribution >= 4 is 5.91 Å². The highest BCUT2D eigenvalue weighted by Gasteiger charge is 2.16. The van der Waals surface area contributed by atoms with Gasteiger partial charge in [-0.2, -0.15) is 0 Å². The first-order valence-corrected chi connectivity index (χ1v) is 6.81. The number of benzene rings is 1. The number of ether oxygens (including phenoxy) is 1. The number of carbonyl (C=O) groups is 1. The summed E-state index contributed by atoms with van der Waals surface area (Å²) in [4.78, 5) is 13.9. The van der Waals surface area contributed by atoms with Gasteiger partial charge in [-0.05, 0) is 43.4 Å². The second-order valence-corrected chi connectivity index (χ2v) is 4.91. The summed E-state index contributed by atoms with van der Waals surface area (Å²) in [5, 5.41) is 0. The molecule has 1 saturated heterocycles. The molecule has 1 aliphatic heterocycles. The Morgan fingerprint density at radius 3 is 2.68 bits per heavy atom. The average Bonchev–Trinajstić information content (AvgIpc) is 2.46. The summed E-state index contributed by atoms with van der Waals surface area (Å²) in [6.45, 7) is 1.74. The number of likely N-dealkylation sites (tertiary alicyclic amines) is 1. The fourth-order valence-electron chi connectivity index (χ4n) is 2.42. The Balaban J connectivity index is 1.87. The lowest BCUT2D eigenvalue weighted by Gasteiger charge is -2.26. The first-order valence-electron chi connectivity index (χ1n) is 6.81. The molecule has 4 heteroatoms. The van der Waals surface area contributed by atoms with Crippen molar-refractivity contribution in [1.82, 2.24) is 4.90 Å². The second-order valence-electron chi connectivity index (χ2n) is 4.91. The lowest BCUT2D eigenvalue weighted by Crippen LogP contribution is -2.35. The molecule has 1 aromatic rings. The van der Waals surface area contributed by atoms with Crippen molar-refractivity contribution in [3.63, 3.8) is 0 Å². The van der Waals surface area contributed by atoms with Gasteiger partial charge in [-0.25, -0.2) is 4.39 Å². The van der Waals surface area contributed by atoms with E-state index in [-0.39, 0.29) is 17.5 Å². The van der Waals surface area contributed by atoms with Crippen LogP contribution in [0, 0.1) is 5.82 Å². The molecule has 1 amide bonds. The normalized spacial score (nSPS) is 15.4. The van der Waals surface area contributed by atoms with Crippen LogP contribution < -0.4 is 4.74 Å². The van der Waals surface area contributed by atoms with Crippen LogP contribution in [-0.2, 0) is 11.2 Å². The summed E-state index contributed by atoms with van der Waals surface area (Å²) in [7, 11) is 1.44. The molecule has 0 spiro atoms. The summed E-state index contributed by atoms with van der Waals surface area (Å²) in [6, 6.07) is 4.86.